The van der Waals surface area contributed by atoms with E-state index in [1.165, 1.54) is 0 Å². The zero-order valence-electron chi connectivity index (χ0n) is 9.23. The molecular formula is C11H17N3O. The van der Waals surface area contributed by atoms with Crippen molar-refractivity contribution in [3.63, 3.8) is 0 Å². The number of ether oxygens (including phenoxy) is 1. The fourth-order valence-corrected chi connectivity index (χ4v) is 1.83. The summed E-state index contributed by atoms with van der Waals surface area (Å²) in [7, 11) is 0. The van der Waals surface area contributed by atoms with Crippen molar-refractivity contribution in [3.8, 4) is 0 Å². The highest BCUT2D eigenvalue weighted by Gasteiger charge is 2.23. The van der Waals surface area contributed by atoms with Crippen molar-refractivity contribution in [3.05, 3.63) is 18.1 Å². The molecule has 1 fully saturated rings. The van der Waals surface area contributed by atoms with Gasteiger partial charge in [-0.1, -0.05) is 0 Å². The standard InChI is InChI=1S/C11H17N3O/c1-8-10(4-6-15-8)7-13-11-3-5-12-9(2)14-11/h3,5,8,10H,4,6-7H2,1-2H3,(H,12,13,14). The topological polar surface area (TPSA) is 47.0 Å². The number of hydrogen-bond acceptors (Lipinski definition) is 4. The van der Waals surface area contributed by atoms with Crippen molar-refractivity contribution in [2.75, 3.05) is 18.5 Å². The maximum absolute atomic E-state index is 5.50. The second kappa shape index (κ2) is 4.57. The van der Waals surface area contributed by atoms with Crippen LogP contribution in [0.5, 0.6) is 0 Å². The minimum Gasteiger partial charge on any atom is -0.378 e. The average Bonchev–Trinajstić information content (AvgIpc) is 2.61. The summed E-state index contributed by atoms with van der Waals surface area (Å²) in [5, 5.41) is 3.33. The summed E-state index contributed by atoms with van der Waals surface area (Å²) in [5.41, 5.74) is 0. The van der Waals surface area contributed by atoms with Crippen LogP contribution in [-0.4, -0.2) is 29.2 Å². The predicted octanol–water partition coefficient (Wildman–Crippen LogP) is 1.62. The number of anilines is 1. The molecule has 1 saturated heterocycles. The van der Waals surface area contributed by atoms with E-state index in [0.29, 0.717) is 12.0 Å². The lowest BCUT2D eigenvalue weighted by Gasteiger charge is -2.14. The molecule has 0 amide bonds. The van der Waals surface area contributed by atoms with Crippen LogP contribution in [0.25, 0.3) is 0 Å². The average molecular weight is 207 g/mol. The van der Waals surface area contributed by atoms with E-state index in [1.807, 2.05) is 13.0 Å². The molecule has 2 rings (SSSR count). The Hall–Kier alpha value is -1.16. The van der Waals surface area contributed by atoms with Crippen LogP contribution in [0, 0.1) is 12.8 Å². The molecule has 1 N–H and O–H groups in total. The fourth-order valence-electron chi connectivity index (χ4n) is 1.83. The third-order valence-electron chi connectivity index (χ3n) is 2.85. The van der Waals surface area contributed by atoms with E-state index < -0.39 is 0 Å². The molecule has 1 aliphatic rings. The molecule has 4 heteroatoms. The quantitative estimate of drug-likeness (QED) is 0.818. The second-order valence-corrected chi connectivity index (χ2v) is 3.99. The SMILES string of the molecule is Cc1nccc(NCC2CCOC2C)n1. The Bertz CT molecular complexity index is 329. The Labute approximate surface area is 90.1 Å². The van der Waals surface area contributed by atoms with Gasteiger partial charge in [-0.25, -0.2) is 9.97 Å². The summed E-state index contributed by atoms with van der Waals surface area (Å²) in [6.07, 6.45) is 3.28. The van der Waals surface area contributed by atoms with Crippen molar-refractivity contribution in [2.45, 2.75) is 26.4 Å². The van der Waals surface area contributed by atoms with Crippen LogP contribution in [-0.2, 0) is 4.74 Å². The zero-order chi connectivity index (χ0) is 10.7. The van der Waals surface area contributed by atoms with E-state index in [9.17, 15) is 0 Å². The number of aromatic nitrogens is 2. The van der Waals surface area contributed by atoms with E-state index in [0.717, 1.165) is 31.2 Å². The van der Waals surface area contributed by atoms with Gasteiger partial charge in [0.1, 0.15) is 11.6 Å². The van der Waals surface area contributed by atoms with Crippen molar-refractivity contribution in [1.82, 2.24) is 9.97 Å². The van der Waals surface area contributed by atoms with Crippen molar-refractivity contribution in [2.24, 2.45) is 5.92 Å². The van der Waals surface area contributed by atoms with E-state index in [2.05, 4.69) is 22.2 Å². The number of nitrogens with zero attached hydrogens (tertiary/aromatic N) is 2. The number of rotatable bonds is 3. The maximum atomic E-state index is 5.50. The van der Waals surface area contributed by atoms with Crippen LogP contribution in [0.15, 0.2) is 12.3 Å². The van der Waals surface area contributed by atoms with E-state index in [1.54, 1.807) is 6.20 Å². The summed E-state index contributed by atoms with van der Waals surface area (Å²) in [6.45, 7) is 5.84. The smallest absolute Gasteiger partial charge is 0.129 e. The van der Waals surface area contributed by atoms with E-state index in [4.69, 9.17) is 4.74 Å². The molecule has 0 aliphatic carbocycles. The first-order chi connectivity index (χ1) is 7.25. The van der Waals surface area contributed by atoms with Gasteiger partial charge in [-0.2, -0.15) is 0 Å². The number of nitrogens with one attached hydrogen (secondary N) is 1. The van der Waals surface area contributed by atoms with Gasteiger partial charge in [0.05, 0.1) is 6.10 Å². The second-order valence-electron chi connectivity index (χ2n) is 3.99. The molecule has 1 aromatic rings. The summed E-state index contributed by atoms with van der Waals surface area (Å²) < 4.78 is 5.50. The van der Waals surface area contributed by atoms with Gasteiger partial charge in [-0.3, -0.25) is 0 Å². The normalized spacial score (nSPS) is 25.5. The van der Waals surface area contributed by atoms with Gasteiger partial charge < -0.3 is 10.1 Å². The van der Waals surface area contributed by atoms with Crippen LogP contribution >= 0.6 is 0 Å². The van der Waals surface area contributed by atoms with Gasteiger partial charge in [0.2, 0.25) is 0 Å². The molecule has 2 unspecified atom stereocenters. The molecule has 0 aromatic carbocycles. The van der Waals surface area contributed by atoms with E-state index >= 15 is 0 Å². The van der Waals surface area contributed by atoms with Crippen LogP contribution in [0.3, 0.4) is 0 Å². The Balaban J connectivity index is 1.87. The minimum absolute atomic E-state index is 0.362. The Morgan fingerprint density at radius 1 is 1.60 bits per heavy atom. The van der Waals surface area contributed by atoms with Crippen molar-refractivity contribution < 1.29 is 4.74 Å². The first-order valence-corrected chi connectivity index (χ1v) is 5.41. The number of hydrogen-bond donors (Lipinski definition) is 1. The molecule has 0 bridgehead atoms. The van der Waals surface area contributed by atoms with Gasteiger partial charge in [0, 0.05) is 25.3 Å². The molecule has 2 heterocycles. The maximum Gasteiger partial charge on any atom is 0.129 e. The minimum atomic E-state index is 0.362. The Morgan fingerprint density at radius 2 is 2.47 bits per heavy atom. The molecule has 4 nitrogen and oxygen atoms in total. The van der Waals surface area contributed by atoms with Gasteiger partial charge in [0.15, 0.2) is 0 Å². The lowest BCUT2D eigenvalue weighted by Crippen LogP contribution is -2.21. The van der Waals surface area contributed by atoms with Gasteiger partial charge in [-0.05, 0) is 26.3 Å². The van der Waals surface area contributed by atoms with Crippen LogP contribution in [0.1, 0.15) is 19.2 Å². The largest absolute Gasteiger partial charge is 0.378 e. The molecule has 15 heavy (non-hydrogen) atoms. The van der Waals surface area contributed by atoms with Crippen LogP contribution in [0.2, 0.25) is 0 Å². The molecule has 1 aliphatic heterocycles. The molecule has 2 atom stereocenters. The van der Waals surface area contributed by atoms with Crippen molar-refractivity contribution in [1.29, 1.82) is 0 Å². The highest BCUT2D eigenvalue weighted by atomic mass is 16.5. The third-order valence-corrected chi connectivity index (χ3v) is 2.85. The highest BCUT2D eigenvalue weighted by molar-refractivity contribution is 5.32. The molecule has 1 aromatic heterocycles. The summed E-state index contributed by atoms with van der Waals surface area (Å²) in [6, 6.07) is 1.90. The molecule has 0 radical (unpaired) electrons. The Kier molecular flexibility index (Phi) is 3.16. The summed E-state index contributed by atoms with van der Waals surface area (Å²) in [4.78, 5) is 8.35. The first-order valence-electron chi connectivity index (χ1n) is 5.41. The monoisotopic (exact) mass is 207 g/mol. The van der Waals surface area contributed by atoms with Crippen LogP contribution < -0.4 is 5.32 Å². The number of aryl methyl sites for hydroxylation is 1. The van der Waals surface area contributed by atoms with Gasteiger partial charge in [0.25, 0.3) is 0 Å². The van der Waals surface area contributed by atoms with Gasteiger partial charge in [-0.15, -0.1) is 0 Å². The fraction of sp³-hybridized carbons (Fsp3) is 0.636. The molecule has 0 saturated carbocycles. The first kappa shape index (κ1) is 10.4. The predicted molar refractivity (Wildman–Crippen MR) is 58.8 cm³/mol. The summed E-state index contributed by atoms with van der Waals surface area (Å²) >= 11 is 0. The van der Waals surface area contributed by atoms with Gasteiger partial charge >= 0.3 is 0 Å². The van der Waals surface area contributed by atoms with E-state index in [-0.39, 0.29) is 0 Å². The highest BCUT2D eigenvalue weighted by Crippen LogP contribution is 2.20. The lowest BCUT2D eigenvalue weighted by atomic mass is 10.0. The Morgan fingerprint density at radius 3 is 3.13 bits per heavy atom. The van der Waals surface area contributed by atoms with Crippen molar-refractivity contribution >= 4 is 5.82 Å². The molecule has 82 valence electrons. The molecular weight excluding hydrogens is 190 g/mol. The lowest BCUT2D eigenvalue weighted by molar-refractivity contribution is 0.108. The zero-order valence-corrected chi connectivity index (χ0v) is 9.23. The molecule has 0 spiro atoms. The third kappa shape index (κ3) is 2.65. The summed E-state index contributed by atoms with van der Waals surface area (Å²) in [5.74, 6) is 2.30. The van der Waals surface area contributed by atoms with Crippen LogP contribution in [0.4, 0.5) is 5.82 Å².